The van der Waals surface area contributed by atoms with Crippen LogP contribution in [0.1, 0.15) is 46.7 Å². The molecular formula is C17H21N3O3. The Bertz CT molecular complexity index is 675. The molecule has 1 aromatic heterocycles. The second-order valence-electron chi connectivity index (χ2n) is 6.10. The summed E-state index contributed by atoms with van der Waals surface area (Å²) in [7, 11) is 3.92. The topological polar surface area (TPSA) is 78.6 Å². The first kappa shape index (κ1) is 15.6. The van der Waals surface area contributed by atoms with Crippen LogP contribution in [0.4, 0.5) is 5.69 Å². The van der Waals surface area contributed by atoms with Gasteiger partial charge in [0.25, 0.3) is 5.91 Å². The number of nitrogens with zero attached hydrogens (tertiary/aromatic N) is 2. The highest BCUT2D eigenvalue weighted by atomic mass is 16.5. The molecule has 0 bridgehead atoms. The Kier molecular flexibility index (Phi) is 4.34. The molecule has 0 aliphatic heterocycles. The van der Waals surface area contributed by atoms with Crippen LogP contribution in [-0.4, -0.2) is 36.8 Å². The lowest BCUT2D eigenvalue weighted by atomic mass is 10.1. The van der Waals surface area contributed by atoms with E-state index in [0.717, 1.165) is 29.9 Å². The lowest BCUT2D eigenvalue weighted by molar-refractivity contribution is 0.0907. The van der Waals surface area contributed by atoms with Gasteiger partial charge < -0.3 is 19.8 Å². The molecule has 6 nitrogen and oxygen atoms in total. The average Bonchev–Trinajstić information content (AvgIpc) is 3.29. The lowest BCUT2D eigenvalue weighted by Crippen LogP contribution is -2.28. The van der Waals surface area contributed by atoms with Gasteiger partial charge >= 0.3 is 0 Å². The molecule has 1 heterocycles. The van der Waals surface area contributed by atoms with Crippen LogP contribution in [0, 0.1) is 0 Å². The second kappa shape index (κ2) is 6.42. The van der Waals surface area contributed by atoms with Gasteiger partial charge in [-0.25, -0.2) is 0 Å². The predicted molar refractivity (Wildman–Crippen MR) is 86.5 cm³/mol. The van der Waals surface area contributed by atoms with Gasteiger partial charge in [-0.1, -0.05) is 17.3 Å². The Balaban J connectivity index is 1.54. The lowest BCUT2D eigenvalue weighted by Gasteiger charge is -2.15. The predicted octanol–water partition coefficient (Wildman–Crippen LogP) is 2.08. The minimum Gasteiger partial charge on any atom is -0.387 e. The molecule has 1 amide bonds. The van der Waals surface area contributed by atoms with E-state index >= 15 is 0 Å². The number of carbonyl (C=O) groups excluding carboxylic acids is 1. The monoisotopic (exact) mass is 315 g/mol. The van der Waals surface area contributed by atoms with Crippen LogP contribution in [0.2, 0.25) is 0 Å². The zero-order chi connectivity index (χ0) is 16.4. The first-order valence-corrected chi connectivity index (χ1v) is 7.75. The van der Waals surface area contributed by atoms with Crippen molar-refractivity contribution in [2.75, 3.05) is 25.5 Å². The largest absolute Gasteiger partial charge is 0.387 e. The third-order valence-corrected chi connectivity index (χ3v) is 3.99. The summed E-state index contributed by atoms with van der Waals surface area (Å²) in [6.45, 7) is 0.131. The number of aliphatic hydroxyl groups excluding tert-OH is 1. The van der Waals surface area contributed by atoms with Crippen molar-refractivity contribution in [3.8, 4) is 0 Å². The van der Waals surface area contributed by atoms with Crippen molar-refractivity contribution in [1.82, 2.24) is 10.5 Å². The van der Waals surface area contributed by atoms with Crippen molar-refractivity contribution >= 4 is 11.6 Å². The van der Waals surface area contributed by atoms with Gasteiger partial charge in [0, 0.05) is 38.3 Å². The van der Waals surface area contributed by atoms with Crippen LogP contribution >= 0.6 is 0 Å². The molecule has 0 spiro atoms. The number of aromatic nitrogens is 1. The molecule has 2 aromatic rings. The first-order chi connectivity index (χ1) is 11.0. The number of aliphatic hydroxyl groups is 1. The van der Waals surface area contributed by atoms with E-state index in [0.29, 0.717) is 5.92 Å². The van der Waals surface area contributed by atoms with Gasteiger partial charge in [0.15, 0.2) is 5.69 Å². The molecule has 0 saturated heterocycles. The van der Waals surface area contributed by atoms with E-state index in [1.54, 1.807) is 6.07 Å². The molecule has 3 rings (SSSR count). The molecule has 1 fully saturated rings. The molecular weight excluding hydrogens is 294 g/mol. The molecule has 122 valence electrons. The van der Waals surface area contributed by atoms with Crippen LogP contribution in [0.5, 0.6) is 0 Å². The smallest absolute Gasteiger partial charge is 0.273 e. The fourth-order valence-corrected chi connectivity index (χ4v) is 2.35. The summed E-state index contributed by atoms with van der Waals surface area (Å²) in [6, 6.07) is 9.26. The van der Waals surface area contributed by atoms with Crippen molar-refractivity contribution in [2.45, 2.75) is 24.9 Å². The van der Waals surface area contributed by atoms with E-state index in [1.807, 2.05) is 43.3 Å². The summed E-state index contributed by atoms with van der Waals surface area (Å²) in [4.78, 5) is 14.0. The number of hydrogen-bond donors (Lipinski definition) is 2. The molecule has 0 radical (unpaired) electrons. The maximum atomic E-state index is 12.0. The second-order valence-corrected chi connectivity index (χ2v) is 6.10. The summed E-state index contributed by atoms with van der Waals surface area (Å²) >= 11 is 0. The van der Waals surface area contributed by atoms with Crippen LogP contribution in [0.15, 0.2) is 34.9 Å². The number of nitrogens with one attached hydrogen (secondary N) is 1. The van der Waals surface area contributed by atoms with Gasteiger partial charge in [-0.05, 0) is 30.5 Å². The normalized spacial score (nSPS) is 15.3. The van der Waals surface area contributed by atoms with E-state index in [4.69, 9.17) is 4.52 Å². The summed E-state index contributed by atoms with van der Waals surface area (Å²) in [5, 5.41) is 16.6. The van der Waals surface area contributed by atoms with Gasteiger partial charge in [-0.15, -0.1) is 0 Å². The van der Waals surface area contributed by atoms with E-state index in [9.17, 15) is 9.90 Å². The minimum absolute atomic E-state index is 0.131. The Morgan fingerprint density at radius 2 is 2.09 bits per heavy atom. The maximum absolute atomic E-state index is 12.0. The molecule has 1 saturated carbocycles. The Hall–Kier alpha value is -2.34. The Morgan fingerprint density at radius 3 is 2.70 bits per heavy atom. The Morgan fingerprint density at radius 1 is 1.39 bits per heavy atom. The highest BCUT2D eigenvalue weighted by molar-refractivity contribution is 5.92. The number of rotatable bonds is 6. The summed E-state index contributed by atoms with van der Waals surface area (Å²) in [6.07, 6.45) is 1.43. The van der Waals surface area contributed by atoms with Crippen molar-refractivity contribution in [3.05, 3.63) is 47.3 Å². The van der Waals surface area contributed by atoms with Crippen LogP contribution in [0.3, 0.4) is 0 Å². The molecule has 0 unspecified atom stereocenters. The molecule has 2 N–H and O–H groups in total. The zero-order valence-corrected chi connectivity index (χ0v) is 13.3. The van der Waals surface area contributed by atoms with Crippen LogP contribution in [0.25, 0.3) is 0 Å². The van der Waals surface area contributed by atoms with E-state index in [1.165, 1.54) is 0 Å². The average molecular weight is 315 g/mol. The molecule has 1 aliphatic carbocycles. The minimum atomic E-state index is -0.759. The van der Waals surface area contributed by atoms with Crippen molar-refractivity contribution in [3.63, 3.8) is 0 Å². The molecule has 1 aromatic carbocycles. The van der Waals surface area contributed by atoms with Crippen molar-refractivity contribution < 1.29 is 14.4 Å². The third kappa shape index (κ3) is 3.71. The molecule has 23 heavy (non-hydrogen) atoms. The number of amides is 1. The highest BCUT2D eigenvalue weighted by Crippen LogP contribution is 2.40. The molecule has 6 heteroatoms. The number of benzene rings is 1. The fraction of sp³-hybridized carbons (Fsp3) is 0.412. The maximum Gasteiger partial charge on any atom is 0.273 e. The van der Waals surface area contributed by atoms with Gasteiger partial charge in [0.05, 0.1) is 6.10 Å². The first-order valence-electron chi connectivity index (χ1n) is 7.75. The standard InChI is InChI=1S/C17H21N3O3/c1-20(2)13-7-5-11(6-8-13)15(21)10-18-17(22)14-9-16(23-19-14)12-3-4-12/h5-9,12,15,21H,3-4,10H2,1-2H3,(H,18,22)/t15-/m0/s1. The van der Waals surface area contributed by atoms with Crippen molar-refractivity contribution in [2.24, 2.45) is 0 Å². The van der Waals surface area contributed by atoms with E-state index in [2.05, 4.69) is 10.5 Å². The van der Waals surface area contributed by atoms with Crippen LogP contribution < -0.4 is 10.2 Å². The molecule has 1 aliphatic rings. The van der Waals surface area contributed by atoms with Gasteiger partial charge in [0.2, 0.25) is 0 Å². The Labute approximate surface area is 135 Å². The highest BCUT2D eigenvalue weighted by Gasteiger charge is 2.28. The number of carbonyl (C=O) groups is 1. The van der Waals surface area contributed by atoms with Gasteiger partial charge in [-0.2, -0.15) is 0 Å². The van der Waals surface area contributed by atoms with Gasteiger partial charge in [0.1, 0.15) is 5.76 Å². The summed E-state index contributed by atoms with van der Waals surface area (Å²) in [5.41, 5.74) is 2.08. The van der Waals surface area contributed by atoms with Gasteiger partial charge in [-0.3, -0.25) is 4.79 Å². The molecule has 1 atom stereocenters. The van der Waals surface area contributed by atoms with E-state index in [-0.39, 0.29) is 18.1 Å². The number of anilines is 1. The zero-order valence-electron chi connectivity index (χ0n) is 13.3. The number of hydrogen-bond acceptors (Lipinski definition) is 5. The van der Waals surface area contributed by atoms with Crippen LogP contribution in [-0.2, 0) is 0 Å². The summed E-state index contributed by atoms with van der Waals surface area (Å²) in [5.74, 6) is 0.865. The van der Waals surface area contributed by atoms with E-state index < -0.39 is 6.10 Å². The SMILES string of the molecule is CN(C)c1ccc([C@@H](O)CNC(=O)c2cc(C3CC3)on2)cc1. The van der Waals surface area contributed by atoms with Crippen molar-refractivity contribution in [1.29, 1.82) is 0 Å². The summed E-state index contributed by atoms with van der Waals surface area (Å²) < 4.78 is 5.16. The third-order valence-electron chi connectivity index (χ3n) is 3.99. The quantitative estimate of drug-likeness (QED) is 0.853. The fourth-order valence-electron chi connectivity index (χ4n) is 2.35.